The van der Waals surface area contributed by atoms with Gasteiger partial charge in [0.1, 0.15) is 0 Å². The summed E-state index contributed by atoms with van der Waals surface area (Å²) < 4.78 is 22.5. The van der Waals surface area contributed by atoms with E-state index in [1.807, 2.05) is 38.1 Å². The molecule has 0 spiro atoms. The van der Waals surface area contributed by atoms with Crippen molar-refractivity contribution in [2.75, 3.05) is 6.26 Å². The zero-order valence-electron chi connectivity index (χ0n) is 10.7. The second kappa shape index (κ2) is 5.32. The smallest absolute Gasteiger partial charge is 0.171 e. The first-order valence-electron chi connectivity index (χ1n) is 5.43. The van der Waals surface area contributed by atoms with Crippen LogP contribution in [0.25, 0.3) is 5.57 Å². The fraction of sp³-hybridized carbons (Fsp3) is 0.286. The van der Waals surface area contributed by atoms with E-state index in [4.69, 9.17) is 0 Å². The van der Waals surface area contributed by atoms with Gasteiger partial charge in [-0.1, -0.05) is 35.9 Å². The van der Waals surface area contributed by atoms with Gasteiger partial charge >= 0.3 is 0 Å². The zero-order chi connectivity index (χ0) is 13.1. The topological polar surface area (TPSA) is 34.1 Å². The van der Waals surface area contributed by atoms with Gasteiger partial charge in [-0.15, -0.1) is 0 Å². The van der Waals surface area contributed by atoms with Crippen LogP contribution >= 0.6 is 0 Å². The molecule has 0 aromatic heterocycles. The Kier molecular flexibility index (Phi) is 4.29. The quantitative estimate of drug-likeness (QED) is 0.771. The first-order valence-corrected chi connectivity index (χ1v) is 7.32. The normalized spacial score (nSPS) is 13.9. The standard InChI is InChI=1S/C14H18O2S/c1-11-6-5-7-14(10-11)12(2)8-9-13(3)17(4,15)16/h5-10H,1-4H3/b12-8+,13-9+. The summed E-state index contributed by atoms with van der Waals surface area (Å²) in [5.41, 5.74) is 3.36. The van der Waals surface area contributed by atoms with Crippen molar-refractivity contribution in [1.29, 1.82) is 0 Å². The molecule has 0 saturated heterocycles. The summed E-state index contributed by atoms with van der Waals surface area (Å²) in [6, 6.07) is 8.13. The Hall–Kier alpha value is -1.35. The van der Waals surface area contributed by atoms with Crippen LogP contribution < -0.4 is 0 Å². The first kappa shape index (κ1) is 13.7. The van der Waals surface area contributed by atoms with Gasteiger partial charge in [-0.2, -0.15) is 0 Å². The molecule has 0 atom stereocenters. The van der Waals surface area contributed by atoms with E-state index < -0.39 is 9.84 Å². The summed E-state index contributed by atoms with van der Waals surface area (Å²) in [5.74, 6) is 0. The predicted octanol–water partition coefficient (Wildman–Crippen LogP) is 3.35. The summed E-state index contributed by atoms with van der Waals surface area (Å²) in [4.78, 5) is 0.379. The van der Waals surface area contributed by atoms with Gasteiger partial charge in [0.05, 0.1) is 0 Å². The monoisotopic (exact) mass is 250 g/mol. The number of allylic oxidation sites excluding steroid dienone is 4. The number of hydrogen-bond acceptors (Lipinski definition) is 2. The molecule has 0 saturated carbocycles. The molecular formula is C14H18O2S. The Balaban J connectivity index is 3.03. The van der Waals surface area contributed by atoms with Crippen LogP contribution in [0, 0.1) is 6.92 Å². The van der Waals surface area contributed by atoms with Crippen LogP contribution in [0.3, 0.4) is 0 Å². The Morgan fingerprint density at radius 1 is 1.18 bits per heavy atom. The van der Waals surface area contributed by atoms with Crippen molar-refractivity contribution in [2.45, 2.75) is 20.8 Å². The second-order valence-electron chi connectivity index (χ2n) is 4.27. The van der Waals surface area contributed by atoms with Crippen molar-refractivity contribution in [3.05, 3.63) is 52.4 Å². The molecule has 2 nitrogen and oxygen atoms in total. The molecule has 0 bridgehead atoms. The summed E-state index contributed by atoms with van der Waals surface area (Å²) >= 11 is 0. The van der Waals surface area contributed by atoms with E-state index in [9.17, 15) is 8.42 Å². The molecule has 0 radical (unpaired) electrons. The molecule has 1 aromatic carbocycles. The maximum Gasteiger partial charge on any atom is 0.171 e. The summed E-state index contributed by atoms with van der Waals surface area (Å²) in [6.45, 7) is 5.62. The first-order chi connectivity index (χ1) is 7.80. The molecule has 0 aliphatic carbocycles. The molecule has 0 unspecified atom stereocenters. The van der Waals surface area contributed by atoms with Gasteiger partial charge < -0.3 is 0 Å². The Morgan fingerprint density at radius 2 is 1.82 bits per heavy atom. The molecule has 1 aromatic rings. The molecule has 3 heteroatoms. The summed E-state index contributed by atoms with van der Waals surface area (Å²) in [7, 11) is -3.07. The SMILES string of the molecule is C/C(=C\C=C(/C)S(C)(=O)=O)c1cccc(C)c1. The van der Waals surface area contributed by atoms with Crippen LogP contribution in [-0.2, 0) is 9.84 Å². The van der Waals surface area contributed by atoms with Crippen molar-refractivity contribution in [1.82, 2.24) is 0 Å². The molecule has 0 amide bonds. The average Bonchev–Trinajstić information content (AvgIpc) is 2.24. The lowest BCUT2D eigenvalue weighted by atomic mass is 10.0. The summed E-state index contributed by atoms with van der Waals surface area (Å²) in [6.07, 6.45) is 4.70. The average molecular weight is 250 g/mol. The lowest BCUT2D eigenvalue weighted by Gasteiger charge is -2.02. The summed E-state index contributed by atoms with van der Waals surface area (Å²) in [5, 5.41) is 0. The van der Waals surface area contributed by atoms with Crippen molar-refractivity contribution >= 4 is 15.4 Å². The van der Waals surface area contributed by atoms with E-state index in [2.05, 4.69) is 6.07 Å². The minimum atomic E-state index is -3.07. The lowest BCUT2D eigenvalue weighted by molar-refractivity contribution is 0.607. The molecule has 0 N–H and O–H groups in total. The highest BCUT2D eigenvalue weighted by atomic mass is 32.2. The molecule has 0 fully saturated rings. The van der Waals surface area contributed by atoms with Crippen molar-refractivity contribution in [3.63, 3.8) is 0 Å². The molecule has 92 valence electrons. The highest BCUT2D eigenvalue weighted by Crippen LogP contribution is 2.16. The van der Waals surface area contributed by atoms with Gasteiger partial charge in [-0.25, -0.2) is 8.42 Å². The molecule has 17 heavy (non-hydrogen) atoms. The lowest BCUT2D eigenvalue weighted by Crippen LogP contribution is -1.96. The predicted molar refractivity (Wildman–Crippen MR) is 73.4 cm³/mol. The number of aryl methyl sites for hydroxylation is 1. The molecule has 0 aliphatic heterocycles. The van der Waals surface area contributed by atoms with Gasteiger partial charge in [0.25, 0.3) is 0 Å². The van der Waals surface area contributed by atoms with Crippen molar-refractivity contribution in [2.24, 2.45) is 0 Å². The van der Waals surface area contributed by atoms with Gasteiger partial charge in [0, 0.05) is 11.2 Å². The minimum absolute atomic E-state index is 0.379. The zero-order valence-corrected chi connectivity index (χ0v) is 11.5. The molecular weight excluding hydrogens is 232 g/mol. The molecule has 1 rings (SSSR count). The third-order valence-corrected chi connectivity index (χ3v) is 3.93. The van der Waals surface area contributed by atoms with Crippen LogP contribution in [0.15, 0.2) is 41.3 Å². The highest BCUT2D eigenvalue weighted by molar-refractivity contribution is 7.94. The van der Waals surface area contributed by atoms with Crippen LogP contribution in [0.2, 0.25) is 0 Å². The number of hydrogen-bond donors (Lipinski definition) is 0. The molecule has 0 aliphatic rings. The second-order valence-corrected chi connectivity index (χ2v) is 6.46. The van der Waals surface area contributed by atoms with Crippen LogP contribution in [0.5, 0.6) is 0 Å². The Morgan fingerprint density at radius 3 is 2.35 bits per heavy atom. The van der Waals surface area contributed by atoms with Gasteiger partial charge in [0.2, 0.25) is 0 Å². The Labute approximate surface area is 104 Å². The highest BCUT2D eigenvalue weighted by Gasteiger charge is 2.03. The van der Waals surface area contributed by atoms with Gasteiger partial charge in [-0.05, 0) is 38.0 Å². The van der Waals surface area contributed by atoms with E-state index in [1.54, 1.807) is 13.0 Å². The number of rotatable bonds is 3. The number of sulfone groups is 1. The van der Waals surface area contributed by atoms with E-state index in [1.165, 1.54) is 11.8 Å². The number of benzene rings is 1. The van der Waals surface area contributed by atoms with Crippen LogP contribution in [-0.4, -0.2) is 14.7 Å². The Bertz CT molecular complexity index is 564. The van der Waals surface area contributed by atoms with Crippen molar-refractivity contribution < 1.29 is 8.42 Å². The van der Waals surface area contributed by atoms with E-state index >= 15 is 0 Å². The van der Waals surface area contributed by atoms with E-state index in [0.717, 1.165) is 11.1 Å². The fourth-order valence-corrected chi connectivity index (χ4v) is 1.67. The van der Waals surface area contributed by atoms with Gasteiger partial charge in [0.15, 0.2) is 9.84 Å². The van der Waals surface area contributed by atoms with Gasteiger partial charge in [-0.3, -0.25) is 0 Å². The third kappa shape index (κ3) is 4.19. The minimum Gasteiger partial charge on any atom is -0.224 e. The maximum absolute atomic E-state index is 11.2. The van der Waals surface area contributed by atoms with E-state index in [0.29, 0.717) is 4.91 Å². The third-order valence-electron chi connectivity index (χ3n) is 2.63. The van der Waals surface area contributed by atoms with Crippen LogP contribution in [0.4, 0.5) is 0 Å². The fourth-order valence-electron chi connectivity index (χ4n) is 1.35. The van der Waals surface area contributed by atoms with E-state index in [-0.39, 0.29) is 0 Å². The largest absolute Gasteiger partial charge is 0.224 e. The maximum atomic E-state index is 11.2. The molecule has 0 heterocycles. The van der Waals surface area contributed by atoms with Crippen molar-refractivity contribution in [3.8, 4) is 0 Å². The van der Waals surface area contributed by atoms with Crippen LogP contribution in [0.1, 0.15) is 25.0 Å².